The van der Waals surface area contributed by atoms with E-state index in [0.29, 0.717) is 12.6 Å². The molecular weight excluding hydrogens is 334 g/mol. The van der Waals surface area contributed by atoms with Crippen LogP contribution in [0.15, 0.2) is 54.6 Å². The number of nitrogens with one attached hydrogen (secondary N) is 2. The second-order valence-corrected chi connectivity index (χ2v) is 6.80. The molecule has 0 aliphatic carbocycles. The van der Waals surface area contributed by atoms with Gasteiger partial charge in [0, 0.05) is 29.7 Å². The maximum atomic E-state index is 5.22. The van der Waals surface area contributed by atoms with Crippen molar-refractivity contribution in [3.8, 4) is 11.8 Å². The molecule has 1 aliphatic heterocycles. The molecule has 4 rings (SSSR count). The summed E-state index contributed by atoms with van der Waals surface area (Å²) in [6, 6.07) is 19.5. The standard InChI is InChI=1S/C23H25N3O/c1-2-26-22(9-6-12-24-20-7-4-3-5-8-20)14-19-13-18(10-11-23(19)26)15-25-21-16-27-17-21/h3-5,7-8,10-11,13-14,21,24-25H,2,12,15-17H2,1H3. The van der Waals surface area contributed by atoms with Gasteiger partial charge in [0.05, 0.1) is 31.5 Å². The topological polar surface area (TPSA) is 38.2 Å². The zero-order chi connectivity index (χ0) is 18.5. The number of hydrogen-bond donors (Lipinski definition) is 2. The molecule has 0 spiro atoms. The molecule has 138 valence electrons. The third-order valence-corrected chi connectivity index (χ3v) is 4.89. The molecule has 2 heterocycles. The van der Waals surface area contributed by atoms with E-state index in [-0.39, 0.29) is 0 Å². The zero-order valence-electron chi connectivity index (χ0n) is 15.7. The van der Waals surface area contributed by atoms with Crippen molar-refractivity contribution in [1.29, 1.82) is 0 Å². The first-order chi connectivity index (χ1) is 13.3. The van der Waals surface area contributed by atoms with E-state index in [1.165, 1.54) is 16.5 Å². The maximum absolute atomic E-state index is 5.22. The maximum Gasteiger partial charge on any atom is 0.0931 e. The molecule has 3 aromatic rings. The number of anilines is 1. The van der Waals surface area contributed by atoms with Gasteiger partial charge >= 0.3 is 0 Å². The fraction of sp³-hybridized carbons (Fsp3) is 0.304. The van der Waals surface area contributed by atoms with E-state index in [2.05, 4.69) is 70.4 Å². The van der Waals surface area contributed by atoms with Crippen molar-refractivity contribution < 1.29 is 4.74 Å². The number of ether oxygens (including phenoxy) is 1. The summed E-state index contributed by atoms with van der Waals surface area (Å²) in [6.07, 6.45) is 0. The number of hydrogen-bond acceptors (Lipinski definition) is 3. The number of aryl methyl sites for hydroxylation is 1. The molecule has 1 fully saturated rings. The van der Waals surface area contributed by atoms with E-state index in [0.717, 1.165) is 37.7 Å². The largest absolute Gasteiger partial charge is 0.378 e. The molecule has 1 aromatic heterocycles. The van der Waals surface area contributed by atoms with Gasteiger partial charge in [0.1, 0.15) is 0 Å². The van der Waals surface area contributed by atoms with Gasteiger partial charge in [-0.25, -0.2) is 0 Å². The second kappa shape index (κ2) is 8.30. The molecule has 2 N–H and O–H groups in total. The summed E-state index contributed by atoms with van der Waals surface area (Å²) in [6.45, 7) is 6.24. The summed E-state index contributed by atoms with van der Waals surface area (Å²) in [7, 11) is 0. The van der Waals surface area contributed by atoms with Gasteiger partial charge in [-0.2, -0.15) is 0 Å². The van der Waals surface area contributed by atoms with Gasteiger partial charge < -0.3 is 19.9 Å². The lowest BCUT2D eigenvalue weighted by Crippen LogP contribution is -2.45. The molecule has 0 bridgehead atoms. The molecule has 0 radical (unpaired) electrons. The van der Waals surface area contributed by atoms with Crippen molar-refractivity contribution in [3.63, 3.8) is 0 Å². The first-order valence-electron chi connectivity index (χ1n) is 9.54. The summed E-state index contributed by atoms with van der Waals surface area (Å²) in [5, 5.41) is 8.11. The third-order valence-electron chi connectivity index (χ3n) is 4.89. The van der Waals surface area contributed by atoms with Crippen LogP contribution in [0.2, 0.25) is 0 Å². The van der Waals surface area contributed by atoms with E-state index in [1.807, 2.05) is 18.2 Å². The van der Waals surface area contributed by atoms with Crippen LogP contribution in [-0.2, 0) is 17.8 Å². The van der Waals surface area contributed by atoms with Gasteiger partial charge in [-0.15, -0.1) is 0 Å². The quantitative estimate of drug-likeness (QED) is 0.660. The summed E-state index contributed by atoms with van der Waals surface area (Å²) in [5.74, 6) is 6.58. The van der Waals surface area contributed by atoms with E-state index < -0.39 is 0 Å². The normalized spacial score (nSPS) is 13.8. The molecule has 4 nitrogen and oxygen atoms in total. The Labute approximate surface area is 160 Å². The summed E-state index contributed by atoms with van der Waals surface area (Å²) >= 11 is 0. The van der Waals surface area contributed by atoms with Crippen molar-refractivity contribution in [2.24, 2.45) is 0 Å². The number of aromatic nitrogens is 1. The summed E-state index contributed by atoms with van der Waals surface area (Å²) < 4.78 is 7.50. The number of rotatable bonds is 6. The minimum atomic E-state index is 0.500. The van der Waals surface area contributed by atoms with E-state index in [9.17, 15) is 0 Å². The van der Waals surface area contributed by atoms with E-state index in [4.69, 9.17) is 4.74 Å². The highest BCUT2D eigenvalue weighted by Crippen LogP contribution is 2.21. The first-order valence-corrected chi connectivity index (χ1v) is 9.54. The first kappa shape index (κ1) is 17.7. The second-order valence-electron chi connectivity index (χ2n) is 6.80. The molecule has 2 aromatic carbocycles. The lowest BCUT2D eigenvalue weighted by Gasteiger charge is -2.27. The predicted octanol–water partition coefficient (Wildman–Crippen LogP) is 3.61. The van der Waals surface area contributed by atoms with E-state index in [1.54, 1.807) is 0 Å². The van der Waals surface area contributed by atoms with Crippen LogP contribution in [0.3, 0.4) is 0 Å². The van der Waals surface area contributed by atoms with Crippen molar-refractivity contribution in [1.82, 2.24) is 9.88 Å². The van der Waals surface area contributed by atoms with Gasteiger partial charge in [0.25, 0.3) is 0 Å². The van der Waals surface area contributed by atoms with Gasteiger partial charge in [-0.1, -0.05) is 30.2 Å². The predicted molar refractivity (Wildman–Crippen MR) is 111 cm³/mol. The number of benzene rings is 2. The lowest BCUT2D eigenvalue weighted by molar-refractivity contribution is -0.00578. The van der Waals surface area contributed by atoms with Crippen LogP contribution in [0.4, 0.5) is 5.69 Å². The number of para-hydroxylation sites is 1. The molecule has 0 saturated carbocycles. The minimum Gasteiger partial charge on any atom is -0.378 e. The van der Waals surface area contributed by atoms with Crippen molar-refractivity contribution in [3.05, 3.63) is 65.9 Å². The molecule has 1 aliphatic rings. The van der Waals surface area contributed by atoms with Crippen LogP contribution in [0.5, 0.6) is 0 Å². The Morgan fingerprint density at radius 3 is 2.70 bits per heavy atom. The highest BCUT2D eigenvalue weighted by atomic mass is 16.5. The number of nitrogens with zero attached hydrogens (tertiary/aromatic N) is 1. The van der Waals surface area contributed by atoms with Crippen LogP contribution in [-0.4, -0.2) is 30.4 Å². The van der Waals surface area contributed by atoms with Crippen molar-refractivity contribution in [2.75, 3.05) is 25.1 Å². The summed E-state index contributed by atoms with van der Waals surface area (Å²) in [5.41, 5.74) is 4.71. The van der Waals surface area contributed by atoms with Gasteiger partial charge in [0.2, 0.25) is 0 Å². The van der Waals surface area contributed by atoms with Crippen LogP contribution in [0.25, 0.3) is 10.9 Å². The highest BCUT2D eigenvalue weighted by molar-refractivity contribution is 5.83. The molecule has 0 atom stereocenters. The minimum absolute atomic E-state index is 0.500. The Morgan fingerprint density at radius 2 is 1.96 bits per heavy atom. The Morgan fingerprint density at radius 1 is 1.11 bits per heavy atom. The van der Waals surface area contributed by atoms with Crippen molar-refractivity contribution in [2.45, 2.75) is 26.1 Å². The Balaban J connectivity index is 1.47. The Hall–Kier alpha value is -2.74. The van der Waals surface area contributed by atoms with E-state index >= 15 is 0 Å². The molecule has 0 amide bonds. The van der Waals surface area contributed by atoms with Crippen LogP contribution in [0, 0.1) is 11.8 Å². The van der Waals surface area contributed by atoms with Crippen LogP contribution in [0.1, 0.15) is 18.2 Å². The summed E-state index contributed by atoms with van der Waals surface area (Å²) in [4.78, 5) is 0. The average Bonchev–Trinajstić information content (AvgIpc) is 3.01. The third kappa shape index (κ3) is 4.16. The van der Waals surface area contributed by atoms with Gasteiger partial charge in [-0.05, 0) is 48.7 Å². The van der Waals surface area contributed by atoms with Gasteiger partial charge in [0.15, 0.2) is 0 Å². The van der Waals surface area contributed by atoms with Gasteiger partial charge in [-0.3, -0.25) is 0 Å². The molecular formula is C23H25N3O. The van der Waals surface area contributed by atoms with Crippen LogP contribution >= 0.6 is 0 Å². The lowest BCUT2D eigenvalue weighted by atomic mass is 10.1. The highest BCUT2D eigenvalue weighted by Gasteiger charge is 2.17. The fourth-order valence-corrected chi connectivity index (χ4v) is 3.33. The van der Waals surface area contributed by atoms with Crippen LogP contribution < -0.4 is 10.6 Å². The fourth-order valence-electron chi connectivity index (χ4n) is 3.33. The van der Waals surface area contributed by atoms with Crippen molar-refractivity contribution >= 4 is 16.6 Å². The Kier molecular flexibility index (Phi) is 5.43. The average molecular weight is 359 g/mol. The molecule has 0 unspecified atom stereocenters. The molecule has 4 heteroatoms. The number of fused-ring (bicyclic) bond motifs is 1. The zero-order valence-corrected chi connectivity index (χ0v) is 15.7. The monoisotopic (exact) mass is 359 g/mol. The molecule has 27 heavy (non-hydrogen) atoms. The SMILES string of the molecule is CCn1c(C#CCNc2ccccc2)cc2cc(CNC3COC3)ccc21. The smallest absolute Gasteiger partial charge is 0.0931 e. The molecule has 1 saturated heterocycles. The Bertz CT molecular complexity index is 962.